The van der Waals surface area contributed by atoms with Crippen molar-refractivity contribution in [1.82, 2.24) is 4.48 Å². The molecule has 3 heteroatoms. The molecule has 0 saturated carbocycles. The Morgan fingerprint density at radius 3 is 1.79 bits per heavy atom. The lowest BCUT2D eigenvalue weighted by Crippen LogP contribution is -2.46. The van der Waals surface area contributed by atoms with E-state index >= 15 is 0 Å². The molecule has 3 nitrogen and oxygen atoms in total. The molecule has 0 heterocycles. The fraction of sp³-hybridized carbons (Fsp3) is 0.308. The van der Waals surface area contributed by atoms with Crippen LogP contribution in [0.2, 0.25) is 0 Å². The van der Waals surface area contributed by atoms with E-state index in [4.69, 9.17) is 5.11 Å². The van der Waals surface area contributed by atoms with E-state index in [9.17, 15) is 0 Å². The summed E-state index contributed by atoms with van der Waals surface area (Å²) in [5.74, 6) is 0. The number of unbranched alkanes of at least 4 members (excludes halogenated alkanes) is 2. The van der Waals surface area contributed by atoms with Crippen LogP contribution in [0.5, 0.6) is 0 Å². The third-order valence-corrected chi connectivity index (χ3v) is 5.41. The summed E-state index contributed by atoms with van der Waals surface area (Å²) >= 11 is 0. The molecule has 3 rings (SSSR count). The average Bonchev–Trinajstić information content (AvgIpc) is 2.80. The second-order valence-corrected chi connectivity index (χ2v) is 7.48. The van der Waals surface area contributed by atoms with Gasteiger partial charge in [-0.05, 0) is 43.2 Å². The highest BCUT2D eigenvalue weighted by Gasteiger charge is 2.34. The van der Waals surface area contributed by atoms with E-state index in [0.29, 0.717) is 0 Å². The lowest BCUT2D eigenvalue weighted by molar-refractivity contribution is 0.365. The zero-order chi connectivity index (χ0) is 20.4. The van der Waals surface area contributed by atoms with Gasteiger partial charge in [0.15, 0.2) is 5.69 Å². The van der Waals surface area contributed by atoms with Crippen LogP contribution in [0.3, 0.4) is 0 Å². The van der Waals surface area contributed by atoms with Crippen LogP contribution in [0, 0.1) is 0 Å². The molecule has 3 aromatic rings. The second kappa shape index (κ2) is 10.7. The highest BCUT2D eigenvalue weighted by molar-refractivity contribution is 5.70. The number of quaternary nitrogens is 1. The van der Waals surface area contributed by atoms with Gasteiger partial charge in [0.25, 0.3) is 0 Å². The van der Waals surface area contributed by atoms with Gasteiger partial charge in [-0.1, -0.05) is 75.2 Å². The van der Waals surface area contributed by atoms with Gasteiger partial charge in [0, 0.05) is 6.07 Å². The van der Waals surface area contributed by atoms with Gasteiger partial charge < -0.3 is 0 Å². The highest BCUT2D eigenvalue weighted by Crippen LogP contribution is 2.42. The first-order valence-corrected chi connectivity index (χ1v) is 10.8. The van der Waals surface area contributed by atoms with Crippen LogP contribution in [-0.2, 0) is 0 Å². The van der Waals surface area contributed by atoms with E-state index in [1.54, 1.807) is 0 Å². The van der Waals surface area contributed by atoms with Crippen molar-refractivity contribution in [2.24, 2.45) is 10.2 Å². The van der Waals surface area contributed by atoms with Gasteiger partial charge in [-0.15, -0.1) is 5.11 Å². The zero-order valence-electron chi connectivity index (χ0n) is 17.7. The first kappa shape index (κ1) is 20.9. The zero-order valence-corrected chi connectivity index (χ0v) is 17.7. The van der Waals surface area contributed by atoms with E-state index in [2.05, 4.69) is 73.6 Å². The van der Waals surface area contributed by atoms with Gasteiger partial charge >= 0.3 is 0 Å². The molecule has 0 radical (unpaired) electrons. The minimum absolute atomic E-state index is 0.826. The topological polar surface area (TPSA) is 24.7 Å². The van der Waals surface area contributed by atoms with Crippen LogP contribution < -0.4 is 4.48 Å². The summed E-state index contributed by atoms with van der Waals surface area (Å²) in [7, 11) is 0. The Morgan fingerprint density at radius 1 is 0.621 bits per heavy atom. The fourth-order valence-corrected chi connectivity index (χ4v) is 3.84. The first-order valence-electron chi connectivity index (χ1n) is 10.8. The number of nitrogens with zero attached hydrogens (tertiary/aromatic N) is 3. The molecule has 3 aromatic carbocycles. The van der Waals surface area contributed by atoms with Crippen molar-refractivity contribution in [3.63, 3.8) is 0 Å². The summed E-state index contributed by atoms with van der Waals surface area (Å²) < 4.78 is 0.826. The average molecular weight is 387 g/mol. The summed E-state index contributed by atoms with van der Waals surface area (Å²) in [4.78, 5) is 0. The molecular weight excluding hydrogens is 354 g/mol. The number of para-hydroxylation sites is 2. The minimum atomic E-state index is 0.826. The minimum Gasteiger partial charge on any atom is -0.257 e. The van der Waals surface area contributed by atoms with Crippen molar-refractivity contribution in [1.29, 1.82) is 0 Å². The number of benzene rings is 3. The Morgan fingerprint density at radius 2 is 1.17 bits per heavy atom. The Hall–Kier alpha value is -2.78. The van der Waals surface area contributed by atoms with Crippen molar-refractivity contribution < 1.29 is 0 Å². The van der Waals surface area contributed by atoms with Crippen LogP contribution in [0.15, 0.2) is 95.2 Å². The Kier molecular flexibility index (Phi) is 7.71. The molecule has 0 saturated heterocycles. The number of hydrogen-bond acceptors (Lipinski definition) is 2. The van der Waals surface area contributed by atoms with E-state index in [0.717, 1.165) is 28.9 Å². The summed E-state index contributed by atoms with van der Waals surface area (Å²) in [6.45, 7) is 6.66. The molecule has 150 valence electrons. The maximum Gasteiger partial charge on any atom is 0.165 e. The van der Waals surface area contributed by atoms with Crippen molar-refractivity contribution in [3.8, 4) is 0 Å². The standard InChI is InChI=1S/C26H32N3/c1-3-5-21-29(22-6-4-2,24-17-11-8-12-18-24)26-20-14-13-19-25(26)28-27-23-15-9-7-10-16-23/h7-20H,3-6,21-22H2,1-2H3/q+1. The van der Waals surface area contributed by atoms with Gasteiger partial charge in [-0.2, -0.15) is 5.11 Å². The molecule has 0 amide bonds. The third-order valence-electron chi connectivity index (χ3n) is 5.41. The predicted molar refractivity (Wildman–Crippen MR) is 125 cm³/mol. The van der Waals surface area contributed by atoms with Crippen LogP contribution in [0.1, 0.15) is 39.5 Å². The Bertz CT molecular complexity index is 880. The molecule has 0 aliphatic rings. The second-order valence-electron chi connectivity index (χ2n) is 7.48. The molecule has 0 fully saturated rings. The molecule has 0 bridgehead atoms. The third kappa shape index (κ3) is 5.18. The largest absolute Gasteiger partial charge is 0.257 e. The molecular formula is C26H32N3+. The molecule has 0 aliphatic carbocycles. The lowest BCUT2D eigenvalue weighted by atomic mass is 10.1. The maximum atomic E-state index is 4.69. The summed E-state index contributed by atoms with van der Waals surface area (Å²) in [5.41, 5.74) is 4.40. The quantitative estimate of drug-likeness (QED) is 0.247. The Labute approximate surface area is 175 Å². The van der Waals surface area contributed by atoms with Gasteiger partial charge in [-0.25, -0.2) is 0 Å². The molecule has 0 unspecified atom stereocenters. The maximum absolute atomic E-state index is 4.69. The predicted octanol–water partition coefficient (Wildman–Crippen LogP) is 8.34. The molecule has 0 aliphatic heterocycles. The van der Waals surface area contributed by atoms with Crippen molar-refractivity contribution in [2.45, 2.75) is 39.5 Å². The molecule has 0 spiro atoms. The number of rotatable bonds is 10. The smallest absolute Gasteiger partial charge is 0.165 e. The van der Waals surface area contributed by atoms with Crippen LogP contribution in [0.25, 0.3) is 0 Å². The van der Waals surface area contributed by atoms with Gasteiger partial charge in [0.2, 0.25) is 0 Å². The molecule has 29 heavy (non-hydrogen) atoms. The van der Waals surface area contributed by atoms with Crippen LogP contribution >= 0.6 is 0 Å². The molecule has 0 N–H and O–H groups in total. The van der Waals surface area contributed by atoms with Gasteiger partial charge in [-0.3, -0.25) is 4.48 Å². The fourth-order valence-electron chi connectivity index (χ4n) is 3.84. The van der Waals surface area contributed by atoms with Crippen molar-refractivity contribution in [2.75, 3.05) is 13.1 Å². The van der Waals surface area contributed by atoms with E-state index in [-0.39, 0.29) is 0 Å². The first-order chi connectivity index (χ1) is 14.3. The van der Waals surface area contributed by atoms with E-state index in [1.807, 2.05) is 30.3 Å². The Balaban J connectivity index is 2.11. The number of hydrogen-bond donors (Lipinski definition) is 0. The van der Waals surface area contributed by atoms with Gasteiger partial charge in [0.05, 0.1) is 18.8 Å². The van der Waals surface area contributed by atoms with Gasteiger partial charge in [0.1, 0.15) is 11.4 Å². The summed E-state index contributed by atoms with van der Waals surface area (Å²) in [5, 5.41) is 9.21. The van der Waals surface area contributed by atoms with Crippen molar-refractivity contribution in [3.05, 3.63) is 84.9 Å². The van der Waals surface area contributed by atoms with E-state index < -0.39 is 0 Å². The highest BCUT2D eigenvalue weighted by atomic mass is 15.4. The summed E-state index contributed by atoms with van der Waals surface area (Å²) in [6.07, 6.45) is 4.69. The number of azo groups is 1. The summed E-state index contributed by atoms with van der Waals surface area (Å²) in [6, 6.07) is 29.4. The van der Waals surface area contributed by atoms with Crippen molar-refractivity contribution >= 4 is 22.7 Å². The SMILES string of the molecule is CCCC[N+](CCCC)(c1ccccc1)c1ccccc1N=Nc1ccccc1. The van der Waals surface area contributed by atoms with Crippen LogP contribution in [0.4, 0.5) is 22.7 Å². The monoisotopic (exact) mass is 386 g/mol. The molecule has 0 aromatic heterocycles. The molecule has 0 atom stereocenters. The lowest BCUT2D eigenvalue weighted by Gasteiger charge is -2.38. The normalized spacial score (nSPS) is 11.8. The van der Waals surface area contributed by atoms with E-state index in [1.165, 1.54) is 37.1 Å². The van der Waals surface area contributed by atoms with Crippen LogP contribution in [-0.4, -0.2) is 13.1 Å².